The van der Waals surface area contributed by atoms with Crippen molar-refractivity contribution in [1.82, 2.24) is 4.90 Å². The van der Waals surface area contributed by atoms with Gasteiger partial charge in [-0.1, -0.05) is 62.8 Å². The highest BCUT2D eigenvalue weighted by Crippen LogP contribution is 2.39. The molecule has 1 aliphatic heterocycles. The summed E-state index contributed by atoms with van der Waals surface area (Å²) >= 11 is 0. The maximum atomic E-state index is 13.3. The van der Waals surface area contributed by atoms with Crippen LogP contribution in [0.15, 0.2) is 71.0 Å². The molecule has 2 heteroatoms. The average molecular weight is 464 g/mol. The highest BCUT2D eigenvalue weighted by molar-refractivity contribution is 5.40. The minimum Gasteiger partial charge on any atom is -0.378 e. The lowest BCUT2D eigenvalue weighted by Gasteiger charge is -2.35. The molecule has 1 saturated heterocycles. The van der Waals surface area contributed by atoms with Crippen LogP contribution in [-0.4, -0.2) is 18.5 Å². The summed E-state index contributed by atoms with van der Waals surface area (Å²) in [5.41, 5.74) is 7.03. The van der Waals surface area contributed by atoms with E-state index >= 15 is 0 Å². The zero-order valence-electron chi connectivity index (χ0n) is 22.4. The molecule has 1 aliphatic carbocycles. The van der Waals surface area contributed by atoms with E-state index in [0.717, 1.165) is 31.7 Å². The molecule has 0 bridgehead atoms. The molecule has 186 valence electrons. The van der Waals surface area contributed by atoms with Crippen LogP contribution in [0, 0.1) is 30.5 Å². The summed E-state index contributed by atoms with van der Waals surface area (Å²) < 4.78 is 13.3. The monoisotopic (exact) mass is 463 g/mol. The van der Waals surface area contributed by atoms with Crippen LogP contribution in [0.2, 0.25) is 0 Å². The molecule has 0 amide bonds. The first kappa shape index (κ1) is 29.5. The van der Waals surface area contributed by atoms with Crippen LogP contribution in [-0.2, 0) is 6.42 Å². The van der Waals surface area contributed by atoms with Crippen LogP contribution < -0.4 is 0 Å². The summed E-state index contributed by atoms with van der Waals surface area (Å²) in [5, 5.41) is 0. The van der Waals surface area contributed by atoms with Crippen LogP contribution >= 0.6 is 0 Å². The molecule has 1 atom stereocenters. The lowest BCUT2D eigenvalue weighted by Crippen LogP contribution is -2.31. The Morgan fingerprint density at radius 3 is 2.32 bits per heavy atom. The van der Waals surface area contributed by atoms with Crippen LogP contribution in [0.3, 0.4) is 0 Å². The minimum absolute atomic E-state index is 0.154. The number of benzene rings is 1. The van der Waals surface area contributed by atoms with E-state index < -0.39 is 0 Å². The summed E-state index contributed by atoms with van der Waals surface area (Å²) in [6.07, 6.45) is 25.8. The molecule has 0 radical (unpaired) electrons. The molecule has 1 aromatic carbocycles. The standard InChI is InChI=1S/C28H38FN.C2H6.C2H2/c1-5-8-25(23-12-13-23)20-24(21(3)6-2)14-17-28-26(9-7-18-30(28)4)19-22-10-15-27(29)16-11-22;2*1-2/h6,8,10-11,15-17,20,23,26H,5,7,9,12-14,18-19H2,1-4H3;1-2H3;1-2H/b21-6-,24-20-,25-8-,28-17-;;/t26-;;/m1../s1. The van der Waals surface area contributed by atoms with Crippen molar-refractivity contribution < 1.29 is 4.39 Å². The normalized spacial score (nSPS) is 20.3. The van der Waals surface area contributed by atoms with Gasteiger partial charge in [-0.05, 0) is 93.6 Å². The fourth-order valence-electron chi connectivity index (χ4n) is 4.53. The minimum atomic E-state index is -0.154. The largest absolute Gasteiger partial charge is 0.378 e. The number of terminal acetylenes is 1. The maximum absolute atomic E-state index is 13.3. The zero-order chi connectivity index (χ0) is 25.5. The van der Waals surface area contributed by atoms with Gasteiger partial charge in [-0.25, -0.2) is 4.39 Å². The lowest BCUT2D eigenvalue weighted by atomic mass is 9.87. The molecule has 0 unspecified atom stereocenters. The van der Waals surface area contributed by atoms with Gasteiger partial charge in [0, 0.05) is 25.2 Å². The third-order valence-electron chi connectivity index (χ3n) is 6.60. The van der Waals surface area contributed by atoms with Gasteiger partial charge in [0.25, 0.3) is 0 Å². The molecule has 34 heavy (non-hydrogen) atoms. The van der Waals surface area contributed by atoms with Crippen LogP contribution in [0.1, 0.15) is 78.7 Å². The number of likely N-dealkylation sites (tertiary alicyclic amines) is 1. The van der Waals surface area contributed by atoms with Gasteiger partial charge in [0.05, 0.1) is 0 Å². The quantitative estimate of drug-likeness (QED) is 0.275. The van der Waals surface area contributed by atoms with Gasteiger partial charge in [0.15, 0.2) is 0 Å². The third kappa shape index (κ3) is 9.38. The van der Waals surface area contributed by atoms with Gasteiger partial charge in [-0.3, -0.25) is 0 Å². The third-order valence-corrected chi connectivity index (χ3v) is 6.60. The van der Waals surface area contributed by atoms with E-state index in [-0.39, 0.29) is 5.82 Å². The molecule has 0 N–H and O–H groups in total. The average Bonchev–Trinajstić information content (AvgIpc) is 3.71. The first-order chi connectivity index (χ1) is 16.5. The summed E-state index contributed by atoms with van der Waals surface area (Å²) in [5.74, 6) is 1.13. The molecule has 1 nitrogen and oxygen atoms in total. The van der Waals surface area contributed by atoms with Crippen LogP contribution in [0.5, 0.6) is 0 Å². The Hall–Kier alpha value is -2.53. The Morgan fingerprint density at radius 2 is 1.76 bits per heavy atom. The maximum Gasteiger partial charge on any atom is 0.123 e. The van der Waals surface area contributed by atoms with Crippen molar-refractivity contribution in [3.63, 3.8) is 0 Å². The topological polar surface area (TPSA) is 3.24 Å². The van der Waals surface area contributed by atoms with E-state index in [1.165, 1.54) is 53.7 Å². The molecule has 1 aromatic rings. The van der Waals surface area contributed by atoms with E-state index in [4.69, 9.17) is 0 Å². The fraction of sp³-hybridized carbons (Fsp3) is 0.500. The smallest absolute Gasteiger partial charge is 0.123 e. The molecule has 0 spiro atoms. The molecule has 2 fully saturated rings. The van der Waals surface area contributed by atoms with Crippen LogP contribution in [0.25, 0.3) is 0 Å². The first-order valence-electron chi connectivity index (χ1n) is 13.0. The van der Waals surface area contributed by atoms with E-state index in [2.05, 4.69) is 69.9 Å². The number of allylic oxidation sites excluding steroid dienone is 8. The number of nitrogens with zero attached hydrogens (tertiary/aromatic N) is 1. The predicted octanol–water partition coefficient (Wildman–Crippen LogP) is 8.90. The van der Waals surface area contributed by atoms with Crippen molar-refractivity contribution in [2.45, 2.75) is 79.6 Å². The number of halogens is 1. The second-order valence-corrected chi connectivity index (χ2v) is 8.95. The van der Waals surface area contributed by atoms with Crippen molar-refractivity contribution in [3.05, 3.63) is 82.4 Å². The predicted molar refractivity (Wildman–Crippen MR) is 148 cm³/mol. The molecular formula is C32H46FN. The highest BCUT2D eigenvalue weighted by atomic mass is 19.1. The number of hydrogen-bond donors (Lipinski definition) is 0. The van der Waals surface area contributed by atoms with Gasteiger partial charge >= 0.3 is 0 Å². The first-order valence-corrected chi connectivity index (χ1v) is 13.0. The van der Waals surface area contributed by atoms with E-state index in [9.17, 15) is 4.39 Å². The Kier molecular flexibility index (Phi) is 14.0. The van der Waals surface area contributed by atoms with Crippen molar-refractivity contribution in [2.75, 3.05) is 13.6 Å². The Bertz CT molecular complexity index is 862. The molecule has 0 aromatic heterocycles. The molecule has 2 aliphatic rings. The summed E-state index contributed by atoms with van der Waals surface area (Å²) in [4.78, 5) is 2.43. The van der Waals surface area contributed by atoms with Gasteiger partial charge in [-0.15, -0.1) is 12.8 Å². The fourth-order valence-corrected chi connectivity index (χ4v) is 4.53. The summed E-state index contributed by atoms with van der Waals surface area (Å²) in [6.45, 7) is 11.7. The SMILES string of the molecule is C#C.CC.C\C=C(C)/C(=C\C(=C\CC)C1CC1)C/C=C1/[C@@H](Cc2ccc(F)cc2)CCCN1C. The van der Waals surface area contributed by atoms with Gasteiger partial charge in [0.1, 0.15) is 5.82 Å². The number of rotatable bonds is 8. The summed E-state index contributed by atoms with van der Waals surface area (Å²) in [7, 11) is 2.22. The second-order valence-electron chi connectivity index (χ2n) is 8.95. The number of hydrogen-bond acceptors (Lipinski definition) is 1. The van der Waals surface area contributed by atoms with Crippen LogP contribution in [0.4, 0.5) is 4.39 Å². The lowest BCUT2D eigenvalue weighted by molar-refractivity contribution is 0.279. The van der Waals surface area contributed by atoms with E-state index in [1.54, 1.807) is 12.1 Å². The zero-order valence-corrected chi connectivity index (χ0v) is 22.4. The van der Waals surface area contributed by atoms with Gasteiger partial charge in [0.2, 0.25) is 0 Å². The van der Waals surface area contributed by atoms with Gasteiger partial charge in [-0.2, -0.15) is 0 Å². The summed E-state index contributed by atoms with van der Waals surface area (Å²) in [6, 6.07) is 7.05. The molecular weight excluding hydrogens is 417 g/mol. The second kappa shape index (κ2) is 16.2. The van der Waals surface area contributed by atoms with Crippen molar-refractivity contribution in [3.8, 4) is 12.8 Å². The highest BCUT2D eigenvalue weighted by Gasteiger charge is 2.25. The number of piperidine rings is 1. The van der Waals surface area contributed by atoms with Crippen molar-refractivity contribution in [1.29, 1.82) is 0 Å². The van der Waals surface area contributed by atoms with E-state index in [1.807, 2.05) is 26.0 Å². The molecule has 1 heterocycles. The molecule has 1 saturated carbocycles. The van der Waals surface area contributed by atoms with Crippen molar-refractivity contribution in [2.24, 2.45) is 11.8 Å². The Balaban J connectivity index is 0.00000137. The Labute approximate surface area is 209 Å². The molecule has 3 rings (SSSR count). The Morgan fingerprint density at radius 1 is 1.12 bits per heavy atom. The van der Waals surface area contributed by atoms with Gasteiger partial charge < -0.3 is 4.90 Å². The van der Waals surface area contributed by atoms with Crippen molar-refractivity contribution >= 4 is 0 Å². The van der Waals surface area contributed by atoms with E-state index in [0.29, 0.717) is 5.92 Å².